The number of aromatic hydroxyl groups is 1. The highest BCUT2D eigenvalue weighted by molar-refractivity contribution is 6.05. The molecule has 0 bridgehead atoms. The number of carbonyl (C=O) groups is 1. The number of carbonyl (C=O) groups excluding carboxylic acids is 1. The Balaban J connectivity index is 1.70. The first-order chi connectivity index (χ1) is 14.1. The Bertz CT molecular complexity index is 1000. The van der Waals surface area contributed by atoms with E-state index >= 15 is 0 Å². The molecule has 3 aromatic carbocycles. The number of hydrogen-bond donors (Lipinski definition) is 1. The van der Waals surface area contributed by atoms with E-state index in [9.17, 15) is 9.90 Å². The molecule has 1 fully saturated rings. The van der Waals surface area contributed by atoms with Crippen molar-refractivity contribution in [3.63, 3.8) is 0 Å². The van der Waals surface area contributed by atoms with Crippen LogP contribution in [0, 0.1) is 0 Å². The van der Waals surface area contributed by atoms with Crippen LogP contribution in [0.1, 0.15) is 11.6 Å². The van der Waals surface area contributed by atoms with Crippen molar-refractivity contribution in [2.75, 3.05) is 19.1 Å². The van der Waals surface area contributed by atoms with Gasteiger partial charge in [0.1, 0.15) is 17.5 Å². The van der Waals surface area contributed by atoms with Gasteiger partial charge in [-0.2, -0.15) is 0 Å². The lowest BCUT2D eigenvalue weighted by atomic mass is 9.89. The highest BCUT2D eigenvalue weighted by Gasteiger charge is 2.51. The topological polar surface area (TPSA) is 68.2 Å². The molecule has 1 heterocycles. The SMILES string of the molecule is COc1ccc(N2C(=O)[C@@H](Oc3ccccc3)[C@H]2c2ccc(OC)c(O)c2)cc1. The first kappa shape index (κ1) is 18.7. The number of nitrogens with zero attached hydrogens (tertiary/aromatic N) is 1. The molecule has 1 aliphatic rings. The highest BCUT2D eigenvalue weighted by atomic mass is 16.5. The predicted octanol–water partition coefficient (Wildman–Crippen LogP) is 3.94. The summed E-state index contributed by atoms with van der Waals surface area (Å²) in [6, 6.07) is 21.2. The second kappa shape index (κ2) is 7.75. The number of benzene rings is 3. The summed E-state index contributed by atoms with van der Waals surface area (Å²) < 4.78 is 16.3. The van der Waals surface area contributed by atoms with Gasteiger partial charge in [-0.3, -0.25) is 9.69 Å². The lowest BCUT2D eigenvalue weighted by Crippen LogP contribution is -2.61. The number of amides is 1. The second-order valence-corrected chi connectivity index (χ2v) is 6.63. The van der Waals surface area contributed by atoms with E-state index < -0.39 is 12.1 Å². The van der Waals surface area contributed by atoms with Crippen molar-refractivity contribution in [3.8, 4) is 23.0 Å². The number of para-hydroxylation sites is 1. The standard InChI is InChI=1S/C23H21NO5/c1-27-17-11-9-16(10-12-17)24-21(15-8-13-20(28-2)19(25)14-15)22(23(24)26)29-18-6-4-3-5-7-18/h3-14,21-22,25H,1-2H3/t21-,22+/m1/s1. The number of methoxy groups -OCH3 is 2. The molecule has 1 saturated heterocycles. The van der Waals surface area contributed by atoms with Crippen LogP contribution in [0.3, 0.4) is 0 Å². The van der Waals surface area contributed by atoms with Gasteiger partial charge in [0.2, 0.25) is 6.10 Å². The average Bonchev–Trinajstić information content (AvgIpc) is 2.76. The predicted molar refractivity (Wildman–Crippen MR) is 109 cm³/mol. The third-order valence-corrected chi connectivity index (χ3v) is 4.95. The van der Waals surface area contributed by atoms with Gasteiger partial charge >= 0.3 is 0 Å². The van der Waals surface area contributed by atoms with Gasteiger partial charge in [-0.05, 0) is 54.1 Å². The molecule has 6 heteroatoms. The summed E-state index contributed by atoms with van der Waals surface area (Å²) in [6.07, 6.45) is -0.702. The summed E-state index contributed by atoms with van der Waals surface area (Å²) in [5.74, 6) is 1.55. The van der Waals surface area contributed by atoms with Crippen molar-refractivity contribution in [2.24, 2.45) is 0 Å². The van der Waals surface area contributed by atoms with E-state index in [0.717, 1.165) is 11.3 Å². The molecule has 0 radical (unpaired) electrons. The Morgan fingerprint density at radius 1 is 0.862 bits per heavy atom. The van der Waals surface area contributed by atoms with Gasteiger partial charge in [0, 0.05) is 5.69 Å². The van der Waals surface area contributed by atoms with E-state index in [1.165, 1.54) is 7.11 Å². The Kier molecular flexibility index (Phi) is 4.99. The van der Waals surface area contributed by atoms with Crippen molar-refractivity contribution in [1.82, 2.24) is 0 Å². The molecule has 29 heavy (non-hydrogen) atoms. The van der Waals surface area contributed by atoms with Crippen LogP contribution in [0.4, 0.5) is 5.69 Å². The zero-order valence-electron chi connectivity index (χ0n) is 16.1. The highest BCUT2D eigenvalue weighted by Crippen LogP contribution is 2.43. The average molecular weight is 391 g/mol. The fourth-order valence-corrected chi connectivity index (χ4v) is 3.47. The van der Waals surface area contributed by atoms with Crippen molar-refractivity contribution >= 4 is 11.6 Å². The molecule has 0 aromatic heterocycles. The van der Waals surface area contributed by atoms with Crippen LogP contribution in [-0.4, -0.2) is 31.3 Å². The largest absolute Gasteiger partial charge is 0.504 e. The van der Waals surface area contributed by atoms with Crippen molar-refractivity contribution in [1.29, 1.82) is 0 Å². The molecular weight excluding hydrogens is 370 g/mol. The molecule has 4 rings (SSSR count). The van der Waals surface area contributed by atoms with Gasteiger partial charge in [-0.25, -0.2) is 0 Å². The number of rotatable bonds is 6. The zero-order valence-corrected chi connectivity index (χ0v) is 16.1. The number of ether oxygens (including phenoxy) is 3. The summed E-state index contributed by atoms with van der Waals surface area (Å²) in [4.78, 5) is 14.7. The molecule has 6 nitrogen and oxygen atoms in total. The molecule has 0 unspecified atom stereocenters. The summed E-state index contributed by atoms with van der Waals surface area (Å²) >= 11 is 0. The minimum Gasteiger partial charge on any atom is -0.504 e. The van der Waals surface area contributed by atoms with Crippen molar-refractivity contribution < 1.29 is 24.1 Å². The van der Waals surface area contributed by atoms with Crippen molar-refractivity contribution in [2.45, 2.75) is 12.1 Å². The van der Waals surface area contributed by atoms with E-state index in [-0.39, 0.29) is 11.7 Å². The molecule has 1 N–H and O–H groups in total. The number of anilines is 1. The molecule has 148 valence electrons. The Morgan fingerprint density at radius 3 is 2.21 bits per heavy atom. The molecule has 1 aliphatic heterocycles. The van der Waals surface area contributed by atoms with Crippen LogP contribution in [-0.2, 0) is 4.79 Å². The lowest BCUT2D eigenvalue weighted by molar-refractivity contribution is -0.135. The van der Waals surface area contributed by atoms with E-state index in [1.807, 2.05) is 48.5 Å². The smallest absolute Gasteiger partial charge is 0.271 e. The third kappa shape index (κ3) is 3.45. The van der Waals surface area contributed by atoms with Crippen LogP contribution in [0.15, 0.2) is 72.8 Å². The Labute approximate surface area is 168 Å². The fraction of sp³-hybridized carbons (Fsp3) is 0.174. The molecule has 0 spiro atoms. The number of phenols is 1. The first-order valence-electron chi connectivity index (χ1n) is 9.18. The fourth-order valence-electron chi connectivity index (χ4n) is 3.47. The van der Waals surface area contributed by atoms with E-state index in [2.05, 4.69) is 0 Å². The van der Waals surface area contributed by atoms with Crippen LogP contribution in [0.25, 0.3) is 0 Å². The molecule has 1 amide bonds. The van der Waals surface area contributed by atoms with E-state index in [1.54, 1.807) is 36.3 Å². The van der Waals surface area contributed by atoms with Gasteiger partial charge in [-0.15, -0.1) is 0 Å². The van der Waals surface area contributed by atoms with Gasteiger partial charge in [0.15, 0.2) is 11.5 Å². The summed E-state index contributed by atoms with van der Waals surface area (Å²) in [6.45, 7) is 0. The van der Waals surface area contributed by atoms with Gasteiger partial charge in [0.05, 0.1) is 14.2 Å². The van der Waals surface area contributed by atoms with E-state index in [0.29, 0.717) is 17.2 Å². The van der Waals surface area contributed by atoms with E-state index in [4.69, 9.17) is 14.2 Å². The monoisotopic (exact) mass is 391 g/mol. The first-order valence-corrected chi connectivity index (χ1v) is 9.18. The Morgan fingerprint density at radius 2 is 1.59 bits per heavy atom. The Hall–Kier alpha value is -3.67. The zero-order chi connectivity index (χ0) is 20.4. The quantitative estimate of drug-likeness (QED) is 0.645. The number of phenolic OH excluding ortho intramolecular Hbond substituents is 1. The minimum absolute atomic E-state index is 0.0116. The van der Waals surface area contributed by atoms with Crippen molar-refractivity contribution in [3.05, 3.63) is 78.4 Å². The maximum absolute atomic E-state index is 13.0. The number of hydrogen-bond acceptors (Lipinski definition) is 5. The maximum Gasteiger partial charge on any atom is 0.271 e. The summed E-state index contributed by atoms with van der Waals surface area (Å²) in [7, 11) is 3.09. The maximum atomic E-state index is 13.0. The molecule has 3 aromatic rings. The molecule has 2 atom stereocenters. The lowest BCUT2D eigenvalue weighted by Gasteiger charge is -2.46. The summed E-state index contributed by atoms with van der Waals surface area (Å²) in [5, 5.41) is 10.2. The van der Waals surface area contributed by atoms with Crippen LogP contribution in [0.2, 0.25) is 0 Å². The summed E-state index contributed by atoms with van der Waals surface area (Å²) in [5.41, 5.74) is 1.48. The molecule has 0 aliphatic carbocycles. The normalized spacial score (nSPS) is 18.1. The third-order valence-electron chi connectivity index (χ3n) is 4.95. The van der Waals surface area contributed by atoms with Crippen LogP contribution >= 0.6 is 0 Å². The minimum atomic E-state index is -0.702. The van der Waals surface area contributed by atoms with Gasteiger partial charge < -0.3 is 19.3 Å². The van der Waals surface area contributed by atoms with Gasteiger partial charge in [0.25, 0.3) is 5.91 Å². The van der Waals surface area contributed by atoms with Crippen LogP contribution < -0.4 is 19.1 Å². The van der Waals surface area contributed by atoms with Crippen LogP contribution in [0.5, 0.6) is 23.0 Å². The second-order valence-electron chi connectivity index (χ2n) is 6.63. The van der Waals surface area contributed by atoms with Gasteiger partial charge in [-0.1, -0.05) is 24.3 Å². The number of β-lactam (4-membered cyclic amide) rings is 1. The molecular formula is C23H21NO5. The molecule has 0 saturated carbocycles.